The number of ether oxygens (including phenoxy) is 4. The molecule has 4 aliphatic heterocycles. The molecule has 92 heavy (non-hydrogen) atoms. The minimum Gasteiger partial charge on any atom is -0.457 e. The molecule has 8 heterocycles. The highest BCUT2D eigenvalue weighted by atomic mass is 32.1. The van der Waals surface area contributed by atoms with Gasteiger partial charge in [-0.05, 0) is 189 Å². The summed E-state index contributed by atoms with van der Waals surface area (Å²) in [6.45, 7) is 23.3. The number of aromatic nitrogens is 2. The first-order valence-electron chi connectivity index (χ1n) is 29.8. The van der Waals surface area contributed by atoms with E-state index in [1.54, 1.807) is 22.0 Å². The summed E-state index contributed by atoms with van der Waals surface area (Å²) in [4.78, 5) is 9.70. The highest BCUT2D eigenvalue weighted by molar-refractivity contribution is 7.83. The Hall–Kier alpha value is -7.92. The highest BCUT2D eigenvalue weighted by Crippen LogP contribution is 2.33. The summed E-state index contributed by atoms with van der Waals surface area (Å²) in [5.74, 6) is 5.45. The van der Waals surface area contributed by atoms with E-state index in [0.717, 1.165) is 58.5 Å². The maximum absolute atomic E-state index is 6.01. The summed E-state index contributed by atoms with van der Waals surface area (Å²) in [7, 11) is 4.07. The van der Waals surface area contributed by atoms with Gasteiger partial charge in [-0.1, -0.05) is 156 Å². The highest BCUT2D eigenvalue weighted by Gasteiger charge is 2.32. The van der Waals surface area contributed by atoms with Crippen molar-refractivity contribution in [2.24, 2.45) is 14.1 Å². The average molecular weight is 1370 g/mol. The lowest BCUT2D eigenvalue weighted by Gasteiger charge is -2.09. The molecule has 4 saturated heterocycles. The molecule has 0 bridgehead atoms. The molecule has 12 nitrogen and oxygen atoms in total. The van der Waals surface area contributed by atoms with Gasteiger partial charge in [0, 0.05) is 98.5 Å². The Bertz CT molecular complexity index is 4170. The second-order valence-corrected chi connectivity index (χ2v) is 24.8. The summed E-state index contributed by atoms with van der Waals surface area (Å²) in [5, 5.41) is 1.64. The minimum atomic E-state index is 0.393. The number of benzene rings is 4. The van der Waals surface area contributed by atoms with Crippen LogP contribution in [0.2, 0.25) is 0 Å². The van der Waals surface area contributed by atoms with Gasteiger partial charge < -0.3 is 36.9 Å². The third-order valence-electron chi connectivity index (χ3n) is 15.4. The van der Waals surface area contributed by atoms with Crippen LogP contribution >= 0.6 is 97.7 Å². The van der Waals surface area contributed by atoms with Gasteiger partial charge in [0.25, 0.3) is 20.7 Å². The second kappa shape index (κ2) is 30.2. The maximum Gasteiger partial charge on any atom is 0.270 e. The minimum absolute atomic E-state index is 0.393. The van der Waals surface area contributed by atoms with Crippen LogP contribution in [0.4, 0.5) is 0 Å². The third-order valence-corrected chi connectivity index (χ3v) is 18.3. The predicted molar refractivity (Wildman–Crippen MR) is 405 cm³/mol. The fourth-order valence-electron chi connectivity index (χ4n) is 10.4. The Labute approximate surface area is 582 Å². The zero-order valence-electron chi connectivity index (χ0n) is 53.2. The molecule has 0 aliphatic carbocycles. The van der Waals surface area contributed by atoms with E-state index >= 15 is 0 Å². The molecule has 0 amide bonds. The summed E-state index contributed by atoms with van der Waals surface area (Å²) >= 11 is 42.4. The first-order valence-corrected chi connectivity index (χ1v) is 33.1. The van der Waals surface area contributed by atoms with Gasteiger partial charge >= 0.3 is 0 Å². The van der Waals surface area contributed by atoms with Crippen LogP contribution in [0.15, 0.2) is 165 Å². The topological polar surface area (TPSA) is 86.0 Å². The van der Waals surface area contributed by atoms with Crippen LogP contribution in [-0.4, -0.2) is 95.6 Å². The molecule has 0 unspecified atom stereocenters. The van der Waals surface area contributed by atoms with Crippen molar-refractivity contribution in [1.82, 2.24) is 28.7 Å². The van der Waals surface area contributed by atoms with Gasteiger partial charge in [0.05, 0.1) is 0 Å². The molecule has 472 valence electrons. The van der Waals surface area contributed by atoms with Gasteiger partial charge in [-0.25, -0.2) is 0 Å². The molecule has 0 saturated carbocycles. The third kappa shape index (κ3) is 15.6. The van der Waals surface area contributed by atoms with Crippen LogP contribution in [-0.2, 0) is 33.0 Å². The molecule has 4 fully saturated rings. The second-order valence-electron chi connectivity index (χ2n) is 21.9. The fourth-order valence-corrected chi connectivity index (χ4v) is 13.1. The van der Waals surface area contributed by atoms with Crippen LogP contribution in [0.3, 0.4) is 0 Å². The number of hydrogen-bond acceptors (Lipinski definition) is 14. The number of furan rings is 2. The van der Waals surface area contributed by atoms with Crippen molar-refractivity contribution in [1.29, 1.82) is 0 Å². The van der Waals surface area contributed by atoms with Crippen LogP contribution < -0.4 is 0 Å². The standard InChI is InChI=1S/C19H19NO2S2.2C18H18N2OS2.C17H15NO2S2/c1-5-20-18(23)16(22-19(20)24)10-14-6-7-15(21-14)17-12(3)8-11(2)9-13(17)4;2*1-4-20-17(22)16(21-18(20)23)11-14-9-10-15(19(14)3)13-7-5-12(2)6-8-13;1-3-18-16(21)15(20-17(18)22)10-13-8-9-14(19-13)12-6-4-11(2)5-7-12/h6-10H,5H2,1-4H3;2*5-11H,4H2,1-3H3;4-10H,3H2,1-2H3/b16-10-;2*16-11-;15-10-. The van der Waals surface area contributed by atoms with E-state index in [2.05, 4.69) is 148 Å². The number of aryl methyl sites for hydroxylation is 6. The summed E-state index contributed by atoms with van der Waals surface area (Å²) in [6, 6.07) is 45.6. The van der Waals surface area contributed by atoms with E-state index in [-0.39, 0.29) is 0 Å². The van der Waals surface area contributed by atoms with E-state index in [4.69, 9.17) is 126 Å². The lowest BCUT2D eigenvalue weighted by Crippen LogP contribution is -2.26. The Kier molecular flexibility index (Phi) is 22.5. The van der Waals surface area contributed by atoms with Crippen molar-refractivity contribution in [2.45, 2.75) is 69.2 Å². The number of hydrogen-bond donors (Lipinski definition) is 0. The summed E-state index contributed by atoms with van der Waals surface area (Å²) in [6.07, 6.45) is 7.47. The van der Waals surface area contributed by atoms with Crippen molar-refractivity contribution >= 4 is 163 Å². The molecule has 0 atom stereocenters. The predicted octanol–water partition coefficient (Wildman–Crippen LogP) is 18.3. The van der Waals surface area contributed by atoms with Crippen LogP contribution in [0.5, 0.6) is 0 Å². The van der Waals surface area contributed by atoms with Gasteiger partial charge in [-0.15, -0.1) is 0 Å². The van der Waals surface area contributed by atoms with E-state index < -0.39 is 0 Å². The number of rotatable bonds is 12. The van der Waals surface area contributed by atoms with Crippen LogP contribution in [0.25, 0.3) is 69.5 Å². The molecule has 4 aromatic heterocycles. The summed E-state index contributed by atoms with van der Waals surface area (Å²) in [5.41, 5.74) is 16.3. The van der Waals surface area contributed by atoms with Crippen molar-refractivity contribution in [3.8, 4) is 45.2 Å². The molecule has 0 spiro atoms. The lowest BCUT2D eigenvalue weighted by atomic mass is 9.98. The van der Waals surface area contributed by atoms with Crippen LogP contribution in [0, 0.1) is 41.5 Å². The van der Waals surface area contributed by atoms with Crippen molar-refractivity contribution in [3.63, 3.8) is 0 Å². The van der Waals surface area contributed by atoms with Gasteiger partial charge in [0.15, 0.2) is 43.0 Å². The van der Waals surface area contributed by atoms with E-state index in [1.165, 1.54) is 44.5 Å². The molecule has 12 rings (SSSR count). The molecule has 8 aromatic rings. The molecular weight excluding hydrogens is 1300 g/mol. The molecule has 4 aliphatic rings. The Morgan fingerprint density at radius 1 is 0.337 bits per heavy atom. The average Bonchev–Trinajstić information content (AvgIpc) is 1.81. The van der Waals surface area contributed by atoms with Gasteiger partial charge in [0.2, 0.25) is 0 Å². The number of thiocarbonyl (C=S) groups is 8. The molecule has 0 radical (unpaired) electrons. The van der Waals surface area contributed by atoms with Crippen molar-refractivity contribution in [2.75, 3.05) is 26.2 Å². The quantitative estimate of drug-likeness (QED) is 0.0858. The van der Waals surface area contributed by atoms with Crippen molar-refractivity contribution < 1.29 is 27.8 Å². The summed E-state index contributed by atoms with van der Waals surface area (Å²) < 4.78 is 38.5. The van der Waals surface area contributed by atoms with E-state index in [1.807, 2.05) is 100 Å². The zero-order chi connectivity index (χ0) is 66.2. The first-order chi connectivity index (χ1) is 44.0. The molecule has 20 heteroatoms. The molecular formula is C72H70N6O6S8. The van der Waals surface area contributed by atoms with Crippen LogP contribution in [0.1, 0.15) is 84.0 Å². The molecule has 4 aromatic carbocycles. The molecule has 0 N–H and O–H groups in total. The van der Waals surface area contributed by atoms with Gasteiger partial charge in [-0.2, -0.15) is 0 Å². The SMILES string of the molecule is CCN1C(=S)O/C(=C\c2ccc(-c3c(C)cc(C)cc3C)o2)C1=S.CCN1C(=S)O/C(=C\c2ccc(-c3ccc(C)cc3)n2C)C1=S.CCN1C(=S)O/C(=C\c2ccc(-c3ccc(C)cc3)n2C)C1=S.CCN1C(=S)O/C(=C\c2ccc(-c3ccc(C)cc3)o2)C1=S. The maximum atomic E-state index is 6.01. The van der Waals surface area contributed by atoms with Gasteiger partial charge in [-0.3, -0.25) is 19.6 Å². The van der Waals surface area contributed by atoms with E-state index in [0.29, 0.717) is 88.3 Å². The van der Waals surface area contributed by atoms with Gasteiger partial charge in [0.1, 0.15) is 23.0 Å². The van der Waals surface area contributed by atoms with Crippen molar-refractivity contribution in [3.05, 3.63) is 213 Å². The fraction of sp³-hybridized carbons (Fsp3) is 0.222. The first kappa shape index (κ1) is 68.4. The Morgan fingerprint density at radius 3 is 0.967 bits per heavy atom. The Morgan fingerprint density at radius 2 is 0.641 bits per heavy atom. The normalized spacial score (nSPS) is 16.3. The monoisotopic (exact) mass is 1370 g/mol. The lowest BCUT2D eigenvalue weighted by molar-refractivity contribution is 0.441. The zero-order valence-corrected chi connectivity index (χ0v) is 59.8. The largest absolute Gasteiger partial charge is 0.457 e. The number of likely N-dealkylation sites (N-methyl/N-ethyl adjacent to an activating group) is 4. The number of nitrogens with zero attached hydrogens (tertiary/aromatic N) is 6. The van der Waals surface area contributed by atoms with E-state index in [9.17, 15) is 0 Å². The smallest absolute Gasteiger partial charge is 0.270 e. The Balaban J connectivity index is 0.000000145.